The van der Waals surface area contributed by atoms with E-state index in [2.05, 4.69) is 20.2 Å². The summed E-state index contributed by atoms with van der Waals surface area (Å²) in [6.45, 7) is 5.69. The SMILES string of the molecule is CCC(CC)(C(=O)O)c1nccc(N2CC3C[C@@H]2CN3)n1. The lowest BCUT2D eigenvalue weighted by Crippen LogP contribution is -2.44. The number of hydrogen-bond donors (Lipinski definition) is 2. The van der Waals surface area contributed by atoms with Gasteiger partial charge in [0.15, 0.2) is 0 Å². The highest BCUT2D eigenvalue weighted by molar-refractivity contribution is 5.80. The van der Waals surface area contributed by atoms with E-state index < -0.39 is 11.4 Å². The van der Waals surface area contributed by atoms with Crippen LogP contribution >= 0.6 is 0 Å². The molecule has 0 aliphatic carbocycles. The van der Waals surface area contributed by atoms with Gasteiger partial charge in [0, 0.05) is 31.4 Å². The van der Waals surface area contributed by atoms with Crippen molar-refractivity contribution >= 4 is 11.8 Å². The van der Waals surface area contributed by atoms with E-state index in [-0.39, 0.29) is 0 Å². The fourth-order valence-corrected chi connectivity index (χ4v) is 3.55. The highest BCUT2D eigenvalue weighted by Crippen LogP contribution is 2.32. The molecular weight excluding hydrogens is 268 g/mol. The zero-order chi connectivity index (χ0) is 15.0. The summed E-state index contributed by atoms with van der Waals surface area (Å²) in [6.07, 6.45) is 3.83. The van der Waals surface area contributed by atoms with Crippen LogP contribution in [0.2, 0.25) is 0 Å². The molecule has 2 fully saturated rings. The number of carboxylic acid groups (broad SMARTS) is 1. The normalized spacial score (nSPS) is 24.6. The molecule has 3 heterocycles. The van der Waals surface area contributed by atoms with Gasteiger partial charge in [0.25, 0.3) is 0 Å². The third-order valence-corrected chi connectivity index (χ3v) is 5.04. The molecule has 0 spiro atoms. The Morgan fingerprint density at radius 1 is 1.52 bits per heavy atom. The number of aromatic nitrogens is 2. The molecule has 114 valence electrons. The van der Waals surface area contributed by atoms with Crippen molar-refractivity contribution in [3.8, 4) is 0 Å². The van der Waals surface area contributed by atoms with Gasteiger partial charge >= 0.3 is 5.97 Å². The number of carbonyl (C=O) groups is 1. The largest absolute Gasteiger partial charge is 0.480 e. The summed E-state index contributed by atoms with van der Waals surface area (Å²) in [4.78, 5) is 22.9. The molecule has 0 amide bonds. The van der Waals surface area contributed by atoms with Gasteiger partial charge in [0.1, 0.15) is 17.1 Å². The maximum absolute atomic E-state index is 11.7. The van der Waals surface area contributed by atoms with Crippen LogP contribution in [-0.2, 0) is 10.2 Å². The monoisotopic (exact) mass is 290 g/mol. The van der Waals surface area contributed by atoms with Crippen LogP contribution in [0, 0.1) is 0 Å². The van der Waals surface area contributed by atoms with Crippen LogP contribution in [0.5, 0.6) is 0 Å². The lowest BCUT2D eigenvalue weighted by molar-refractivity contribution is -0.144. The lowest BCUT2D eigenvalue weighted by Gasteiger charge is -2.30. The van der Waals surface area contributed by atoms with Gasteiger partial charge in [0.2, 0.25) is 0 Å². The summed E-state index contributed by atoms with van der Waals surface area (Å²) in [6, 6.07) is 2.90. The third-order valence-electron chi connectivity index (χ3n) is 5.04. The molecule has 6 heteroatoms. The van der Waals surface area contributed by atoms with E-state index in [1.807, 2.05) is 19.9 Å². The Labute approximate surface area is 124 Å². The predicted octanol–water partition coefficient (Wildman–Crippen LogP) is 1.17. The Kier molecular flexibility index (Phi) is 3.57. The minimum absolute atomic E-state index is 0.438. The summed E-state index contributed by atoms with van der Waals surface area (Å²) < 4.78 is 0. The van der Waals surface area contributed by atoms with E-state index in [0.717, 1.165) is 25.3 Å². The first-order valence-corrected chi connectivity index (χ1v) is 7.67. The third kappa shape index (κ3) is 2.18. The van der Waals surface area contributed by atoms with Crippen LogP contribution in [-0.4, -0.2) is 46.2 Å². The number of hydrogen-bond acceptors (Lipinski definition) is 5. The minimum Gasteiger partial charge on any atom is -0.480 e. The van der Waals surface area contributed by atoms with Crippen LogP contribution in [0.15, 0.2) is 12.3 Å². The number of nitrogens with one attached hydrogen (secondary N) is 1. The molecular formula is C15H22N4O2. The Morgan fingerprint density at radius 2 is 2.29 bits per heavy atom. The van der Waals surface area contributed by atoms with E-state index in [1.165, 1.54) is 0 Å². The maximum Gasteiger partial charge on any atom is 0.317 e. The van der Waals surface area contributed by atoms with Gasteiger partial charge in [-0.05, 0) is 25.3 Å². The zero-order valence-electron chi connectivity index (χ0n) is 12.5. The first-order valence-electron chi connectivity index (χ1n) is 7.67. The van der Waals surface area contributed by atoms with Crippen LogP contribution in [0.4, 0.5) is 5.82 Å². The zero-order valence-corrected chi connectivity index (χ0v) is 12.5. The number of piperazine rings is 1. The van der Waals surface area contributed by atoms with Crippen LogP contribution in [0.1, 0.15) is 38.9 Å². The molecule has 0 radical (unpaired) electrons. The molecule has 0 aromatic carbocycles. The molecule has 2 bridgehead atoms. The van der Waals surface area contributed by atoms with Crippen molar-refractivity contribution in [3.05, 3.63) is 18.1 Å². The van der Waals surface area contributed by atoms with Crippen LogP contribution < -0.4 is 10.2 Å². The molecule has 2 aliphatic heterocycles. The lowest BCUT2D eigenvalue weighted by atomic mass is 9.81. The van der Waals surface area contributed by atoms with Crippen LogP contribution in [0.25, 0.3) is 0 Å². The minimum atomic E-state index is -0.979. The van der Waals surface area contributed by atoms with Crippen LogP contribution in [0.3, 0.4) is 0 Å². The van der Waals surface area contributed by atoms with E-state index >= 15 is 0 Å². The molecule has 2 aliphatic rings. The Hall–Kier alpha value is -1.69. The number of fused-ring (bicyclic) bond motifs is 2. The molecule has 2 atom stereocenters. The van der Waals surface area contributed by atoms with Gasteiger partial charge in [-0.15, -0.1) is 0 Å². The topological polar surface area (TPSA) is 78.3 Å². The van der Waals surface area contributed by atoms with Crippen molar-refractivity contribution in [1.29, 1.82) is 0 Å². The standard InChI is InChI=1S/C15H22N4O2/c1-3-15(4-2,14(20)21)13-16-6-5-12(18-13)19-9-10-7-11(19)8-17-10/h5-6,10-11,17H,3-4,7-9H2,1-2H3,(H,20,21)/t10?,11-/m1/s1. The van der Waals surface area contributed by atoms with Crippen molar-refractivity contribution in [1.82, 2.24) is 15.3 Å². The molecule has 6 nitrogen and oxygen atoms in total. The van der Waals surface area contributed by atoms with Crippen molar-refractivity contribution in [2.24, 2.45) is 0 Å². The van der Waals surface area contributed by atoms with Crippen molar-refractivity contribution < 1.29 is 9.90 Å². The van der Waals surface area contributed by atoms with E-state index in [4.69, 9.17) is 0 Å². The fraction of sp³-hybridized carbons (Fsp3) is 0.667. The second kappa shape index (κ2) is 5.26. The molecule has 1 unspecified atom stereocenters. The van der Waals surface area contributed by atoms with Gasteiger partial charge in [0.05, 0.1) is 0 Å². The molecule has 2 saturated heterocycles. The molecule has 2 N–H and O–H groups in total. The quantitative estimate of drug-likeness (QED) is 0.847. The number of anilines is 1. The molecule has 1 aromatic rings. The van der Waals surface area contributed by atoms with Gasteiger partial charge in [-0.1, -0.05) is 13.8 Å². The molecule has 21 heavy (non-hydrogen) atoms. The Bertz CT molecular complexity index is 544. The molecule has 3 rings (SSSR count). The maximum atomic E-state index is 11.7. The Morgan fingerprint density at radius 3 is 2.81 bits per heavy atom. The number of carboxylic acids is 1. The average Bonchev–Trinajstić information content (AvgIpc) is 3.12. The summed E-state index contributed by atoms with van der Waals surface area (Å²) in [5, 5.41) is 13.1. The molecule has 0 saturated carbocycles. The summed E-state index contributed by atoms with van der Waals surface area (Å²) in [5.41, 5.74) is -0.979. The molecule has 1 aromatic heterocycles. The highest BCUT2D eigenvalue weighted by atomic mass is 16.4. The average molecular weight is 290 g/mol. The van der Waals surface area contributed by atoms with Crippen molar-refractivity contribution in [3.63, 3.8) is 0 Å². The number of aliphatic carboxylic acids is 1. The van der Waals surface area contributed by atoms with E-state index in [0.29, 0.717) is 30.7 Å². The summed E-state index contributed by atoms with van der Waals surface area (Å²) in [7, 11) is 0. The number of nitrogens with zero attached hydrogens (tertiary/aromatic N) is 3. The summed E-state index contributed by atoms with van der Waals surface area (Å²) >= 11 is 0. The smallest absolute Gasteiger partial charge is 0.317 e. The van der Waals surface area contributed by atoms with Crippen molar-refractivity contribution in [2.75, 3.05) is 18.0 Å². The van der Waals surface area contributed by atoms with E-state index in [9.17, 15) is 9.90 Å². The van der Waals surface area contributed by atoms with Gasteiger partial charge in [-0.3, -0.25) is 4.79 Å². The van der Waals surface area contributed by atoms with Gasteiger partial charge < -0.3 is 15.3 Å². The van der Waals surface area contributed by atoms with E-state index in [1.54, 1.807) is 6.20 Å². The highest BCUT2D eigenvalue weighted by Gasteiger charge is 2.42. The van der Waals surface area contributed by atoms with Gasteiger partial charge in [-0.2, -0.15) is 0 Å². The Balaban J connectivity index is 1.94. The van der Waals surface area contributed by atoms with Gasteiger partial charge in [-0.25, -0.2) is 9.97 Å². The first kappa shape index (κ1) is 14.3. The fourth-order valence-electron chi connectivity index (χ4n) is 3.55. The number of rotatable bonds is 5. The second-order valence-electron chi connectivity index (χ2n) is 5.98. The second-order valence-corrected chi connectivity index (χ2v) is 5.98. The van der Waals surface area contributed by atoms with Crippen molar-refractivity contribution in [2.45, 2.75) is 50.6 Å². The predicted molar refractivity (Wildman–Crippen MR) is 79.5 cm³/mol. The first-order chi connectivity index (χ1) is 10.1. The summed E-state index contributed by atoms with van der Waals surface area (Å²) in [5.74, 6) is 0.462.